The van der Waals surface area contributed by atoms with Crippen molar-refractivity contribution in [2.75, 3.05) is 0 Å². The standard InChI is InChI=1S/C43H30N2OS/c1-43(2)34-23-21-31(25-38(34)46-40-35(43)24-22-33-32-15-9-10-16-39(32)47-41(33)40)27-17-19-30(20-18-27)42-44-36(28-11-5-3-6-12-28)26-37(45-42)29-13-7-4-8-14-29/h3-26H,1-2H3. The molecule has 0 saturated carbocycles. The van der Waals surface area contributed by atoms with Crippen molar-refractivity contribution >= 4 is 31.5 Å². The summed E-state index contributed by atoms with van der Waals surface area (Å²) in [6.45, 7) is 4.60. The largest absolute Gasteiger partial charge is 0.455 e. The molecule has 0 N–H and O–H groups in total. The van der Waals surface area contributed by atoms with E-state index in [1.54, 1.807) is 0 Å². The Kier molecular flexibility index (Phi) is 6.34. The van der Waals surface area contributed by atoms with Gasteiger partial charge in [-0.05, 0) is 29.3 Å². The second kappa shape index (κ2) is 10.8. The van der Waals surface area contributed by atoms with Crippen LogP contribution in [0.4, 0.5) is 0 Å². The molecule has 1 aliphatic rings. The van der Waals surface area contributed by atoms with E-state index in [1.165, 1.54) is 31.3 Å². The lowest BCUT2D eigenvalue weighted by molar-refractivity contribution is 0.424. The van der Waals surface area contributed by atoms with E-state index in [4.69, 9.17) is 14.7 Å². The first kappa shape index (κ1) is 27.7. The molecule has 0 unspecified atom stereocenters. The average molecular weight is 623 g/mol. The smallest absolute Gasteiger partial charge is 0.160 e. The Morgan fingerprint density at radius 1 is 0.511 bits per heavy atom. The Morgan fingerprint density at radius 3 is 1.81 bits per heavy atom. The maximum atomic E-state index is 6.81. The van der Waals surface area contributed by atoms with Crippen LogP contribution in [0, 0.1) is 0 Å². The number of benzene rings is 6. The van der Waals surface area contributed by atoms with Crippen molar-refractivity contribution < 1.29 is 4.74 Å². The molecule has 3 nitrogen and oxygen atoms in total. The highest BCUT2D eigenvalue weighted by molar-refractivity contribution is 7.26. The lowest BCUT2D eigenvalue weighted by Gasteiger charge is -2.35. The molecule has 0 radical (unpaired) electrons. The summed E-state index contributed by atoms with van der Waals surface area (Å²) in [5.74, 6) is 2.61. The first-order valence-electron chi connectivity index (χ1n) is 15.9. The van der Waals surface area contributed by atoms with Gasteiger partial charge in [0.1, 0.15) is 11.5 Å². The molecular formula is C43H30N2OS. The van der Waals surface area contributed by atoms with E-state index >= 15 is 0 Å². The average Bonchev–Trinajstić information content (AvgIpc) is 3.51. The lowest BCUT2D eigenvalue weighted by Crippen LogP contribution is -2.24. The SMILES string of the molecule is CC1(C)c2ccc(-c3ccc(-c4nc(-c5ccccc5)cc(-c5ccccc5)n4)cc3)cc2Oc2c1ccc1c2sc2ccccc21. The lowest BCUT2D eigenvalue weighted by atomic mass is 9.75. The quantitative estimate of drug-likeness (QED) is 0.196. The van der Waals surface area contributed by atoms with Gasteiger partial charge in [0.05, 0.1) is 16.1 Å². The van der Waals surface area contributed by atoms with Crippen molar-refractivity contribution in [2.24, 2.45) is 0 Å². The maximum Gasteiger partial charge on any atom is 0.160 e. The number of thiophene rings is 1. The number of hydrogen-bond donors (Lipinski definition) is 0. The molecule has 2 aromatic heterocycles. The van der Waals surface area contributed by atoms with Gasteiger partial charge in [0.15, 0.2) is 5.82 Å². The number of hydrogen-bond acceptors (Lipinski definition) is 4. The summed E-state index contributed by atoms with van der Waals surface area (Å²) in [5.41, 5.74) is 9.38. The molecular weight excluding hydrogens is 593 g/mol. The summed E-state index contributed by atoms with van der Waals surface area (Å²) < 4.78 is 9.31. The van der Waals surface area contributed by atoms with Crippen molar-refractivity contribution in [3.05, 3.63) is 157 Å². The molecule has 0 saturated heterocycles. The first-order chi connectivity index (χ1) is 23.0. The first-order valence-corrected chi connectivity index (χ1v) is 16.7. The molecule has 8 aromatic rings. The van der Waals surface area contributed by atoms with Gasteiger partial charge in [-0.3, -0.25) is 0 Å². The van der Waals surface area contributed by atoms with Crippen molar-refractivity contribution in [1.29, 1.82) is 0 Å². The molecule has 4 heteroatoms. The third-order valence-electron chi connectivity index (χ3n) is 9.38. The Labute approximate surface area is 277 Å². The third kappa shape index (κ3) is 4.64. The molecule has 0 spiro atoms. The summed E-state index contributed by atoms with van der Waals surface area (Å²) in [4.78, 5) is 10.0. The zero-order chi connectivity index (χ0) is 31.5. The van der Waals surface area contributed by atoms with Gasteiger partial charge in [-0.25, -0.2) is 9.97 Å². The summed E-state index contributed by atoms with van der Waals surface area (Å²) in [6, 6.07) is 51.0. The Morgan fingerprint density at radius 2 is 1.11 bits per heavy atom. The summed E-state index contributed by atoms with van der Waals surface area (Å²) >= 11 is 1.81. The topological polar surface area (TPSA) is 35.0 Å². The van der Waals surface area contributed by atoms with Crippen LogP contribution in [0.1, 0.15) is 25.0 Å². The highest BCUT2D eigenvalue weighted by Gasteiger charge is 2.36. The van der Waals surface area contributed by atoms with Gasteiger partial charge < -0.3 is 4.74 Å². The monoisotopic (exact) mass is 622 g/mol. The van der Waals surface area contributed by atoms with Gasteiger partial charge >= 0.3 is 0 Å². The molecule has 0 fully saturated rings. The van der Waals surface area contributed by atoms with E-state index < -0.39 is 0 Å². The van der Waals surface area contributed by atoms with E-state index in [-0.39, 0.29) is 5.41 Å². The summed E-state index contributed by atoms with van der Waals surface area (Å²) in [6.07, 6.45) is 0. The van der Waals surface area contributed by atoms with Crippen LogP contribution in [0.25, 0.3) is 65.2 Å². The predicted octanol–water partition coefficient (Wildman–Crippen LogP) is 11.9. The molecule has 47 heavy (non-hydrogen) atoms. The van der Waals surface area contributed by atoms with E-state index in [1.807, 2.05) is 47.7 Å². The fourth-order valence-electron chi connectivity index (χ4n) is 6.82. The molecule has 9 rings (SSSR count). The second-order valence-electron chi connectivity index (χ2n) is 12.6. The van der Waals surface area contributed by atoms with E-state index in [2.05, 4.69) is 123 Å². The van der Waals surface area contributed by atoms with E-state index in [0.29, 0.717) is 5.82 Å². The number of aromatic nitrogens is 2. The normalized spacial score (nSPS) is 13.2. The molecule has 6 aromatic carbocycles. The molecule has 0 aliphatic carbocycles. The van der Waals surface area contributed by atoms with Gasteiger partial charge in [0, 0.05) is 48.7 Å². The second-order valence-corrected chi connectivity index (χ2v) is 13.7. The van der Waals surface area contributed by atoms with E-state index in [0.717, 1.165) is 50.7 Å². The van der Waals surface area contributed by atoms with Gasteiger partial charge in [0.2, 0.25) is 0 Å². The number of nitrogens with zero attached hydrogens (tertiary/aromatic N) is 2. The highest BCUT2D eigenvalue weighted by Crippen LogP contribution is 2.53. The minimum atomic E-state index is -0.187. The van der Waals surface area contributed by atoms with Crippen LogP contribution < -0.4 is 4.74 Å². The minimum Gasteiger partial charge on any atom is -0.455 e. The van der Waals surface area contributed by atoms with Crippen molar-refractivity contribution in [3.8, 4) is 56.5 Å². The zero-order valence-electron chi connectivity index (χ0n) is 26.1. The van der Waals surface area contributed by atoms with Crippen LogP contribution in [0.3, 0.4) is 0 Å². The van der Waals surface area contributed by atoms with E-state index in [9.17, 15) is 0 Å². The fraction of sp³-hybridized carbons (Fsp3) is 0.0698. The molecule has 1 aliphatic heterocycles. The maximum absolute atomic E-state index is 6.81. The predicted molar refractivity (Wildman–Crippen MR) is 195 cm³/mol. The summed E-state index contributed by atoms with van der Waals surface area (Å²) in [5, 5.41) is 2.54. The Hall–Kier alpha value is -5.58. The van der Waals surface area contributed by atoms with Crippen LogP contribution >= 0.6 is 11.3 Å². The van der Waals surface area contributed by atoms with Gasteiger partial charge in [0.25, 0.3) is 0 Å². The number of rotatable bonds is 4. The van der Waals surface area contributed by atoms with Crippen LogP contribution in [-0.4, -0.2) is 9.97 Å². The van der Waals surface area contributed by atoms with Crippen LogP contribution in [0.2, 0.25) is 0 Å². The van der Waals surface area contributed by atoms with Crippen LogP contribution in [-0.2, 0) is 5.41 Å². The van der Waals surface area contributed by atoms with Crippen molar-refractivity contribution in [2.45, 2.75) is 19.3 Å². The molecule has 0 atom stereocenters. The molecule has 0 bridgehead atoms. The molecule has 224 valence electrons. The summed E-state index contributed by atoms with van der Waals surface area (Å²) in [7, 11) is 0. The minimum absolute atomic E-state index is 0.187. The van der Waals surface area contributed by atoms with Crippen LogP contribution in [0.5, 0.6) is 11.5 Å². The van der Waals surface area contributed by atoms with Crippen molar-refractivity contribution in [3.63, 3.8) is 0 Å². The zero-order valence-corrected chi connectivity index (χ0v) is 26.9. The number of ether oxygens (including phenoxy) is 1. The van der Waals surface area contributed by atoms with Crippen molar-refractivity contribution in [1.82, 2.24) is 9.97 Å². The highest BCUT2D eigenvalue weighted by atomic mass is 32.1. The number of fused-ring (bicyclic) bond motifs is 6. The van der Waals surface area contributed by atoms with Gasteiger partial charge in [-0.15, -0.1) is 11.3 Å². The fourth-order valence-corrected chi connectivity index (χ4v) is 8.00. The third-order valence-corrected chi connectivity index (χ3v) is 10.6. The van der Waals surface area contributed by atoms with Gasteiger partial charge in [-0.1, -0.05) is 141 Å². The van der Waals surface area contributed by atoms with Crippen LogP contribution in [0.15, 0.2) is 146 Å². The Balaban J connectivity index is 1.09. The molecule has 3 heterocycles. The Bertz CT molecular complexity index is 2390. The molecule has 0 amide bonds. The van der Waals surface area contributed by atoms with Gasteiger partial charge in [-0.2, -0.15) is 0 Å².